The van der Waals surface area contributed by atoms with Crippen LogP contribution < -0.4 is 0 Å². The molecule has 2 unspecified atom stereocenters. The first-order chi connectivity index (χ1) is 29.8. The molecule has 0 aliphatic carbocycles. The highest BCUT2D eigenvalue weighted by Gasteiger charge is 2.28. The van der Waals surface area contributed by atoms with Gasteiger partial charge in [0.15, 0.2) is 6.10 Å². The van der Waals surface area contributed by atoms with Gasteiger partial charge >= 0.3 is 27.6 Å². The zero-order valence-corrected chi connectivity index (χ0v) is 38.6. The third-order valence-electron chi connectivity index (χ3n) is 8.24. The molecular formula is C46H74O14P2. The van der Waals surface area contributed by atoms with Gasteiger partial charge in [-0.15, -0.1) is 0 Å². The number of hydrogen-bond acceptors (Lipinski definition) is 11. The molecule has 16 heteroatoms. The number of hydrogen-bond donors (Lipinski definition) is 5. The van der Waals surface area contributed by atoms with Crippen LogP contribution in [0.3, 0.4) is 0 Å². The normalized spacial score (nSPS) is 15.5. The van der Waals surface area contributed by atoms with Crippen LogP contribution in [0.25, 0.3) is 0 Å². The maximum Gasteiger partial charge on any atom is 0.472 e. The van der Waals surface area contributed by atoms with E-state index in [1.54, 1.807) is 12.2 Å². The highest BCUT2D eigenvalue weighted by Crippen LogP contribution is 2.43. The number of carbonyl (C=O) groups is 2. The average molecular weight is 913 g/mol. The lowest BCUT2D eigenvalue weighted by atomic mass is 10.1. The molecule has 4 atom stereocenters. The lowest BCUT2D eigenvalue weighted by Gasteiger charge is -2.20. The number of ether oxygens (including phenoxy) is 2. The van der Waals surface area contributed by atoms with Crippen molar-refractivity contribution in [3.63, 3.8) is 0 Å². The zero-order chi connectivity index (χ0) is 46.0. The van der Waals surface area contributed by atoms with Crippen LogP contribution in [0, 0.1) is 0 Å². The Hall–Kier alpha value is -3.26. The van der Waals surface area contributed by atoms with Gasteiger partial charge in [-0.05, 0) is 83.5 Å². The van der Waals surface area contributed by atoms with Crippen LogP contribution in [0.2, 0.25) is 0 Å². The topological polar surface area (TPSA) is 216 Å². The highest BCUT2D eigenvalue weighted by molar-refractivity contribution is 7.47. The Balaban J connectivity index is 4.83. The Morgan fingerprint density at radius 1 is 0.548 bits per heavy atom. The summed E-state index contributed by atoms with van der Waals surface area (Å²) in [4.78, 5) is 52.7. The van der Waals surface area contributed by atoms with Crippen molar-refractivity contribution in [1.29, 1.82) is 0 Å². The zero-order valence-electron chi connectivity index (χ0n) is 36.8. The smallest absolute Gasteiger partial charge is 0.462 e. The fourth-order valence-electron chi connectivity index (χ4n) is 4.96. The monoisotopic (exact) mass is 912 g/mol. The molecule has 62 heavy (non-hydrogen) atoms. The molecule has 0 aliphatic rings. The number of phosphoric ester groups is 2. The third-order valence-corrected chi connectivity index (χ3v) is 9.68. The van der Waals surface area contributed by atoms with Crippen molar-refractivity contribution in [3.05, 3.63) is 109 Å². The quantitative estimate of drug-likeness (QED) is 0.0128. The standard InChI is InChI=1S/C46H74O14P2/c1-3-5-7-9-11-13-15-17-18-19-20-22-24-26-28-30-32-36-45(49)56-40-44(41-59-62(54,55)58-39-43(48)38-57-61(51,52)53)60-46(50)37-33-35-42(47)34-31-29-27-25-23-21-16-14-12-10-8-6-4-2/h6,8,11-14,17-18,20-23,26-29,31,34,42-44,47-48H,3-5,7,9-10,15-16,19,24-25,30,32-33,35-41H2,1-2H3,(H,54,55)(H2,51,52,53)/b8-6-,13-11-,14-12-,18-17-,22-20-,23-21-,28-26-,29-27-,34-31+/t42?,43-,44+/m0/s1. The number of aliphatic hydroxyl groups is 2. The Morgan fingerprint density at radius 3 is 1.61 bits per heavy atom. The Bertz CT molecular complexity index is 1520. The van der Waals surface area contributed by atoms with E-state index < -0.39 is 72.3 Å². The van der Waals surface area contributed by atoms with Gasteiger partial charge in [0.1, 0.15) is 12.7 Å². The summed E-state index contributed by atoms with van der Waals surface area (Å²) in [5, 5.41) is 20.0. The minimum Gasteiger partial charge on any atom is -0.462 e. The van der Waals surface area contributed by atoms with E-state index in [1.807, 2.05) is 24.3 Å². The molecule has 0 aliphatic heterocycles. The summed E-state index contributed by atoms with van der Waals surface area (Å²) in [6, 6.07) is 0. The summed E-state index contributed by atoms with van der Waals surface area (Å²) in [6.45, 7) is 1.31. The minimum atomic E-state index is -4.90. The van der Waals surface area contributed by atoms with Crippen LogP contribution in [-0.4, -0.2) is 81.6 Å². The van der Waals surface area contributed by atoms with Gasteiger partial charge in [-0.3, -0.25) is 23.2 Å². The third kappa shape index (κ3) is 43.4. The van der Waals surface area contributed by atoms with Gasteiger partial charge in [-0.2, -0.15) is 0 Å². The Morgan fingerprint density at radius 2 is 1.05 bits per heavy atom. The Labute approximate surface area is 370 Å². The Kier molecular flexibility index (Phi) is 38.4. The molecule has 0 bridgehead atoms. The van der Waals surface area contributed by atoms with Crippen LogP contribution in [-0.2, 0) is 41.8 Å². The van der Waals surface area contributed by atoms with Gasteiger partial charge in [0, 0.05) is 12.8 Å². The molecule has 0 spiro atoms. The molecule has 0 rings (SSSR count). The summed E-state index contributed by atoms with van der Waals surface area (Å²) in [5.41, 5.74) is 0. The van der Waals surface area contributed by atoms with Gasteiger partial charge in [0.25, 0.3) is 0 Å². The lowest BCUT2D eigenvalue weighted by Crippen LogP contribution is -2.30. The van der Waals surface area contributed by atoms with Gasteiger partial charge in [0.05, 0.1) is 25.9 Å². The largest absolute Gasteiger partial charge is 0.472 e. The van der Waals surface area contributed by atoms with Crippen molar-refractivity contribution in [2.75, 3.05) is 26.4 Å². The SMILES string of the molecule is CC/C=C\C/C=C\C/C=C\C/C=C\C=C\C(O)CCCC(=O)O[C@H](COC(=O)CCC/C=C\C/C=C\C/C=C\C/C=C\CCCCC)COP(=O)(O)OC[C@@H](O)COP(=O)(O)O. The van der Waals surface area contributed by atoms with E-state index in [0.29, 0.717) is 12.8 Å². The molecular weight excluding hydrogens is 838 g/mol. The predicted octanol–water partition coefficient (Wildman–Crippen LogP) is 10.1. The molecule has 0 saturated heterocycles. The summed E-state index contributed by atoms with van der Waals surface area (Å²) in [5.74, 6) is -1.31. The minimum absolute atomic E-state index is 0.0715. The first-order valence-corrected chi connectivity index (χ1v) is 24.7. The van der Waals surface area contributed by atoms with E-state index in [4.69, 9.17) is 23.8 Å². The molecule has 352 valence electrons. The number of unbranched alkanes of at least 4 members (excludes halogenated alkanes) is 4. The van der Waals surface area contributed by atoms with Crippen molar-refractivity contribution in [2.24, 2.45) is 0 Å². The second-order valence-corrected chi connectivity index (χ2v) is 16.8. The highest BCUT2D eigenvalue weighted by atomic mass is 31.2. The molecule has 0 radical (unpaired) electrons. The van der Waals surface area contributed by atoms with Crippen LogP contribution in [0.1, 0.15) is 123 Å². The van der Waals surface area contributed by atoms with Crippen molar-refractivity contribution in [2.45, 2.75) is 141 Å². The number of esters is 2. The van der Waals surface area contributed by atoms with E-state index in [-0.39, 0.29) is 25.7 Å². The summed E-state index contributed by atoms with van der Waals surface area (Å²) < 4.78 is 47.5. The molecule has 0 heterocycles. The van der Waals surface area contributed by atoms with Crippen LogP contribution in [0.15, 0.2) is 109 Å². The number of rotatable bonds is 39. The molecule has 0 saturated carbocycles. The number of carbonyl (C=O) groups excluding carboxylic acids is 2. The molecule has 14 nitrogen and oxygen atoms in total. The number of aliphatic hydroxyl groups excluding tert-OH is 2. The maximum absolute atomic E-state index is 12.7. The van der Waals surface area contributed by atoms with Gasteiger partial charge < -0.3 is 34.4 Å². The van der Waals surface area contributed by atoms with E-state index in [0.717, 1.165) is 51.4 Å². The predicted molar refractivity (Wildman–Crippen MR) is 245 cm³/mol. The first kappa shape index (κ1) is 58.7. The first-order valence-electron chi connectivity index (χ1n) is 21.7. The molecule has 0 aromatic carbocycles. The summed E-state index contributed by atoms with van der Waals surface area (Å²) in [6.07, 6.45) is 45.5. The van der Waals surface area contributed by atoms with Gasteiger partial charge in [-0.1, -0.05) is 136 Å². The molecule has 0 aromatic rings. The molecule has 0 amide bonds. The van der Waals surface area contributed by atoms with E-state index in [9.17, 15) is 33.8 Å². The van der Waals surface area contributed by atoms with Crippen molar-refractivity contribution in [1.82, 2.24) is 0 Å². The molecule has 0 aromatic heterocycles. The van der Waals surface area contributed by atoms with Crippen molar-refractivity contribution >= 4 is 27.6 Å². The van der Waals surface area contributed by atoms with E-state index in [1.165, 1.54) is 19.3 Å². The fourth-order valence-corrected chi connectivity index (χ4v) is 6.11. The van der Waals surface area contributed by atoms with Crippen LogP contribution >= 0.6 is 15.6 Å². The molecule has 5 N–H and O–H groups in total. The van der Waals surface area contributed by atoms with E-state index >= 15 is 0 Å². The summed E-state index contributed by atoms with van der Waals surface area (Å²) in [7, 11) is -9.78. The summed E-state index contributed by atoms with van der Waals surface area (Å²) >= 11 is 0. The van der Waals surface area contributed by atoms with Crippen LogP contribution in [0.4, 0.5) is 0 Å². The van der Waals surface area contributed by atoms with Crippen LogP contribution in [0.5, 0.6) is 0 Å². The second kappa shape index (κ2) is 40.5. The molecule has 0 fully saturated rings. The second-order valence-electron chi connectivity index (χ2n) is 14.1. The van der Waals surface area contributed by atoms with E-state index in [2.05, 4.69) is 95.8 Å². The average Bonchev–Trinajstić information content (AvgIpc) is 3.22. The van der Waals surface area contributed by atoms with Gasteiger partial charge in [0.2, 0.25) is 0 Å². The fraction of sp³-hybridized carbons (Fsp3) is 0.565. The van der Waals surface area contributed by atoms with Crippen molar-refractivity contribution in [3.8, 4) is 0 Å². The number of phosphoric acid groups is 2. The maximum atomic E-state index is 12.7. The number of allylic oxidation sites excluding steroid dienone is 17. The van der Waals surface area contributed by atoms with Gasteiger partial charge in [-0.25, -0.2) is 9.13 Å². The lowest BCUT2D eigenvalue weighted by molar-refractivity contribution is -0.161. The van der Waals surface area contributed by atoms with Crippen molar-refractivity contribution < 1.29 is 66.7 Å².